The Morgan fingerprint density at radius 2 is 1.79 bits per heavy atom. The molecule has 38 heavy (non-hydrogen) atoms. The maximum Gasteiger partial charge on any atom is 0.230 e. The second-order valence-corrected chi connectivity index (χ2v) is 11.2. The van der Waals surface area contributed by atoms with Gasteiger partial charge in [0, 0.05) is 18.2 Å². The van der Waals surface area contributed by atoms with E-state index in [4.69, 9.17) is 4.74 Å². The second-order valence-electron chi connectivity index (χ2n) is 11.2. The van der Waals surface area contributed by atoms with Gasteiger partial charge in [-0.3, -0.25) is 4.79 Å². The molecule has 1 amide bonds. The van der Waals surface area contributed by atoms with E-state index in [1.54, 1.807) is 18.1 Å². The summed E-state index contributed by atoms with van der Waals surface area (Å²) in [6.45, 7) is 4.71. The molecule has 7 nitrogen and oxygen atoms in total. The number of carbonyl (C=O) groups excluding carboxylic acids is 1. The molecule has 0 saturated heterocycles. The van der Waals surface area contributed by atoms with Gasteiger partial charge in [0.25, 0.3) is 0 Å². The molecule has 0 aliphatic heterocycles. The Kier molecular flexibility index (Phi) is 8.12. The Labute approximate surface area is 225 Å². The number of ether oxygens (including phenoxy) is 1. The lowest BCUT2D eigenvalue weighted by molar-refractivity contribution is -0.124. The van der Waals surface area contributed by atoms with Gasteiger partial charge >= 0.3 is 0 Å². The van der Waals surface area contributed by atoms with Crippen LogP contribution >= 0.6 is 0 Å². The predicted octanol–water partition coefficient (Wildman–Crippen LogP) is 5.75. The van der Waals surface area contributed by atoms with Gasteiger partial charge in [0.15, 0.2) is 0 Å². The van der Waals surface area contributed by atoms with Crippen molar-refractivity contribution in [1.29, 1.82) is 0 Å². The number of benzene rings is 2. The number of aryl methyl sites for hydroxylation is 2. The minimum absolute atomic E-state index is 0.0331. The molecule has 0 spiro atoms. The standard InChI is InChI=1S/C31H40N4O3/c1-21-17-26(13-16-30(21)38-3)24-9-7-23(8-10-24)19-34(31(37)25-11-14-29(36)15-12-25)27-5-4-6-28(18-27)35-20-32-22(2)33-35/h4-6,13,16-18,20,23-25,29,36H,7-12,14-15,19H2,1-3H3. The summed E-state index contributed by atoms with van der Waals surface area (Å²) in [4.78, 5) is 20.2. The van der Waals surface area contributed by atoms with E-state index >= 15 is 0 Å². The quantitative estimate of drug-likeness (QED) is 0.432. The molecular weight excluding hydrogens is 476 g/mol. The monoisotopic (exact) mass is 516 g/mol. The highest BCUT2D eigenvalue weighted by atomic mass is 16.5. The minimum Gasteiger partial charge on any atom is -0.496 e. The average molecular weight is 517 g/mol. The van der Waals surface area contributed by atoms with Gasteiger partial charge < -0.3 is 14.7 Å². The Hall–Kier alpha value is -3.19. The number of aliphatic hydroxyl groups excluding tert-OH is 1. The molecule has 2 fully saturated rings. The maximum absolute atomic E-state index is 13.9. The van der Waals surface area contributed by atoms with Crippen molar-refractivity contribution in [3.05, 3.63) is 65.7 Å². The third-order valence-electron chi connectivity index (χ3n) is 8.50. The van der Waals surface area contributed by atoms with Crippen molar-refractivity contribution in [3.8, 4) is 11.4 Å². The first-order valence-electron chi connectivity index (χ1n) is 14.0. The van der Waals surface area contributed by atoms with E-state index in [1.807, 2.05) is 30.0 Å². The molecule has 1 heterocycles. The van der Waals surface area contributed by atoms with Crippen LogP contribution in [0.15, 0.2) is 48.8 Å². The van der Waals surface area contributed by atoms with Crippen LogP contribution in [0.5, 0.6) is 5.75 Å². The highest BCUT2D eigenvalue weighted by Crippen LogP contribution is 2.38. The van der Waals surface area contributed by atoms with Crippen LogP contribution in [0.2, 0.25) is 0 Å². The largest absolute Gasteiger partial charge is 0.496 e. The van der Waals surface area contributed by atoms with E-state index in [1.165, 1.54) is 11.1 Å². The fraction of sp³-hybridized carbons (Fsp3) is 0.516. The molecule has 202 valence electrons. The van der Waals surface area contributed by atoms with Crippen molar-refractivity contribution in [3.63, 3.8) is 0 Å². The number of hydrogen-bond acceptors (Lipinski definition) is 5. The summed E-state index contributed by atoms with van der Waals surface area (Å²) in [7, 11) is 1.72. The highest BCUT2D eigenvalue weighted by molar-refractivity contribution is 5.95. The fourth-order valence-electron chi connectivity index (χ4n) is 6.23. The average Bonchev–Trinajstić information content (AvgIpc) is 3.38. The van der Waals surface area contributed by atoms with Crippen molar-refractivity contribution in [2.45, 2.75) is 77.2 Å². The predicted molar refractivity (Wildman–Crippen MR) is 149 cm³/mol. The summed E-state index contributed by atoms with van der Waals surface area (Å²) < 4.78 is 7.21. The molecule has 0 atom stereocenters. The van der Waals surface area contributed by atoms with Crippen LogP contribution in [0.1, 0.15) is 74.2 Å². The summed E-state index contributed by atoms with van der Waals surface area (Å²) in [5, 5.41) is 14.5. The Morgan fingerprint density at radius 3 is 2.45 bits per heavy atom. The van der Waals surface area contributed by atoms with E-state index in [9.17, 15) is 9.90 Å². The molecule has 3 aromatic rings. The summed E-state index contributed by atoms with van der Waals surface area (Å²) in [5.74, 6) is 2.83. The summed E-state index contributed by atoms with van der Waals surface area (Å²) in [6.07, 6.45) is 8.82. The van der Waals surface area contributed by atoms with Gasteiger partial charge in [-0.15, -0.1) is 0 Å². The van der Waals surface area contributed by atoms with Crippen molar-refractivity contribution in [2.75, 3.05) is 18.6 Å². The van der Waals surface area contributed by atoms with Crippen LogP contribution in [0, 0.1) is 25.7 Å². The van der Waals surface area contributed by atoms with Crippen LogP contribution in [0.4, 0.5) is 5.69 Å². The van der Waals surface area contributed by atoms with Gasteiger partial charge in [-0.25, -0.2) is 9.67 Å². The number of carbonyl (C=O) groups is 1. The van der Waals surface area contributed by atoms with E-state index < -0.39 is 0 Å². The molecular formula is C31H40N4O3. The topological polar surface area (TPSA) is 80.5 Å². The number of aliphatic hydroxyl groups is 1. The van der Waals surface area contributed by atoms with Gasteiger partial charge in [0.2, 0.25) is 5.91 Å². The molecule has 2 saturated carbocycles. The SMILES string of the molecule is COc1ccc(C2CCC(CN(C(=O)C3CCC(O)CC3)c3cccc(-n4cnc(C)n4)c3)CC2)cc1C. The first-order chi connectivity index (χ1) is 18.4. The van der Waals surface area contributed by atoms with Gasteiger partial charge in [-0.2, -0.15) is 5.10 Å². The van der Waals surface area contributed by atoms with Crippen molar-refractivity contribution in [1.82, 2.24) is 14.8 Å². The van der Waals surface area contributed by atoms with Crippen LogP contribution in [0.25, 0.3) is 5.69 Å². The second kappa shape index (κ2) is 11.7. The highest BCUT2D eigenvalue weighted by Gasteiger charge is 2.32. The molecule has 1 N–H and O–H groups in total. The number of nitrogens with zero attached hydrogens (tertiary/aromatic N) is 4. The van der Waals surface area contributed by atoms with Crippen molar-refractivity contribution < 1.29 is 14.6 Å². The molecule has 0 unspecified atom stereocenters. The third kappa shape index (κ3) is 5.93. The normalized spacial score (nSPS) is 23.7. The smallest absolute Gasteiger partial charge is 0.230 e. The Morgan fingerprint density at radius 1 is 1.03 bits per heavy atom. The lowest BCUT2D eigenvalue weighted by Crippen LogP contribution is -2.41. The number of rotatable bonds is 7. The zero-order chi connectivity index (χ0) is 26.6. The van der Waals surface area contributed by atoms with Crippen LogP contribution < -0.4 is 9.64 Å². The van der Waals surface area contributed by atoms with Gasteiger partial charge in [-0.1, -0.05) is 18.2 Å². The maximum atomic E-state index is 13.9. The molecule has 2 aromatic carbocycles. The molecule has 0 radical (unpaired) electrons. The number of methoxy groups -OCH3 is 1. The molecule has 2 aliphatic rings. The molecule has 0 bridgehead atoms. The summed E-state index contributed by atoms with van der Waals surface area (Å²) >= 11 is 0. The summed E-state index contributed by atoms with van der Waals surface area (Å²) in [6, 6.07) is 14.6. The fourth-order valence-corrected chi connectivity index (χ4v) is 6.23. The minimum atomic E-state index is -0.275. The van der Waals surface area contributed by atoms with Gasteiger partial charge in [-0.05, 0) is 112 Å². The number of aromatic nitrogens is 3. The number of hydrogen-bond donors (Lipinski definition) is 1. The van der Waals surface area contributed by atoms with Gasteiger partial charge in [0.05, 0.1) is 18.9 Å². The van der Waals surface area contributed by atoms with E-state index in [-0.39, 0.29) is 17.9 Å². The lowest BCUT2D eigenvalue weighted by Gasteiger charge is -2.36. The van der Waals surface area contributed by atoms with E-state index in [2.05, 4.69) is 41.3 Å². The van der Waals surface area contributed by atoms with Crippen molar-refractivity contribution >= 4 is 11.6 Å². The molecule has 2 aliphatic carbocycles. The van der Waals surface area contributed by atoms with Crippen LogP contribution in [-0.2, 0) is 4.79 Å². The Balaban J connectivity index is 1.32. The van der Waals surface area contributed by atoms with Crippen molar-refractivity contribution in [2.24, 2.45) is 11.8 Å². The van der Waals surface area contributed by atoms with E-state index in [0.717, 1.165) is 62.2 Å². The number of anilines is 1. The Bertz CT molecular complexity index is 1240. The lowest BCUT2D eigenvalue weighted by atomic mass is 9.78. The van der Waals surface area contributed by atoms with Crippen LogP contribution in [-0.4, -0.2) is 45.5 Å². The first-order valence-corrected chi connectivity index (χ1v) is 14.0. The zero-order valence-electron chi connectivity index (χ0n) is 22.8. The summed E-state index contributed by atoms with van der Waals surface area (Å²) in [5.41, 5.74) is 4.40. The van der Waals surface area contributed by atoms with E-state index in [0.29, 0.717) is 30.5 Å². The molecule has 1 aromatic heterocycles. The molecule has 7 heteroatoms. The number of amides is 1. The third-order valence-corrected chi connectivity index (χ3v) is 8.50. The van der Waals surface area contributed by atoms with Gasteiger partial charge in [0.1, 0.15) is 17.9 Å². The zero-order valence-corrected chi connectivity index (χ0v) is 22.8. The first kappa shape index (κ1) is 26.4. The molecule has 5 rings (SSSR count). The van der Waals surface area contributed by atoms with Crippen LogP contribution in [0.3, 0.4) is 0 Å².